The second kappa shape index (κ2) is 4.84. The van der Waals surface area contributed by atoms with E-state index in [2.05, 4.69) is 30.0 Å². The van der Waals surface area contributed by atoms with Crippen molar-refractivity contribution in [2.75, 3.05) is 4.90 Å². The second-order valence-corrected chi connectivity index (χ2v) is 5.54. The lowest BCUT2D eigenvalue weighted by Gasteiger charge is -2.26. The summed E-state index contributed by atoms with van der Waals surface area (Å²) < 4.78 is 0. The number of para-hydroxylation sites is 1. The molecule has 4 heteroatoms. The monoisotopic (exact) mass is 285 g/mol. The number of hydrogen-bond acceptors (Lipinski definition) is 2. The summed E-state index contributed by atoms with van der Waals surface area (Å²) in [6, 6.07) is 14.3. The van der Waals surface area contributed by atoms with Gasteiger partial charge in [-0.05, 0) is 43.2 Å². The molecular weight excluding hydrogens is 270 g/mol. The average molecular weight is 286 g/mol. The van der Waals surface area contributed by atoms with Gasteiger partial charge in [0.25, 0.3) is 0 Å². The van der Waals surface area contributed by atoms with Crippen LogP contribution < -0.4 is 10.6 Å². The first-order valence-corrected chi connectivity index (χ1v) is 6.97. The lowest BCUT2D eigenvalue weighted by Crippen LogP contribution is -2.24. The fourth-order valence-corrected chi connectivity index (χ4v) is 3.07. The van der Waals surface area contributed by atoms with Crippen molar-refractivity contribution in [1.29, 1.82) is 5.41 Å². The highest BCUT2D eigenvalue weighted by Gasteiger charge is 2.28. The quantitative estimate of drug-likeness (QED) is 0.653. The molecule has 3 N–H and O–H groups in total. The molecule has 1 heterocycles. The minimum atomic E-state index is 0.0355. The molecule has 0 spiro atoms. The largest absolute Gasteiger partial charge is 0.384 e. The second-order valence-electron chi connectivity index (χ2n) is 5.13. The van der Waals surface area contributed by atoms with Gasteiger partial charge in [-0.1, -0.05) is 29.8 Å². The van der Waals surface area contributed by atoms with Crippen LogP contribution in [0.4, 0.5) is 11.4 Å². The van der Waals surface area contributed by atoms with Crippen molar-refractivity contribution in [3.05, 3.63) is 58.6 Å². The van der Waals surface area contributed by atoms with Gasteiger partial charge in [-0.15, -0.1) is 0 Å². The Morgan fingerprint density at radius 2 is 2.00 bits per heavy atom. The fraction of sp³-hybridized carbons (Fsp3) is 0.188. The average Bonchev–Trinajstić information content (AvgIpc) is 2.74. The first-order chi connectivity index (χ1) is 9.58. The van der Waals surface area contributed by atoms with E-state index in [9.17, 15) is 0 Å². The minimum Gasteiger partial charge on any atom is -0.384 e. The summed E-state index contributed by atoms with van der Waals surface area (Å²) >= 11 is 6.39. The highest BCUT2D eigenvalue weighted by atomic mass is 35.5. The van der Waals surface area contributed by atoms with Crippen LogP contribution in [0.25, 0.3) is 0 Å². The van der Waals surface area contributed by atoms with E-state index in [1.165, 1.54) is 11.3 Å². The maximum atomic E-state index is 7.47. The number of amidine groups is 1. The molecule has 1 aliphatic heterocycles. The lowest BCUT2D eigenvalue weighted by molar-refractivity contribution is 0.759. The summed E-state index contributed by atoms with van der Waals surface area (Å²) in [6.45, 7) is 2.19. The number of nitrogens with one attached hydrogen (secondary N) is 1. The molecule has 1 unspecified atom stereocenters. The van der Waals surface area contributed by atoms with E-state index >= 15 is 0 Å². The number of nitrogens with zero attached hydrogens (tertiary/aromatic N) is 1. The fourth-order valence-electron chi connectivity index (χ4n) is 2.80. The molecule has 0 radical (unpaired) electrons. The number of fused-ring (bicyclic) bond motifs is 1. The van der Waals surface area contributed by atoms with Gasteiger partial charge in [0.15, 0.2) is 0 Å². The lowest BCUT2D eigenvalue weighted by atomic mass is 10.1. The molecule has 102 valence electrons. The van der Waals surface area contributed by atoms with Gasteiger partial charge in [0.2, 0.25) is 0 Å². The van der Waals surface area contributed by atoms with Crippen LogP contribution in [0, 0.1) is 5.41 Å². The van der Waals surface area contributed by atoms with Crippen LogP contribution in [0.2, 0.25) is 5.02 Å². The van der Waals surface area contributed by atoms with Crippen molar-refractivity contribution in [3.8, 4) is 0 Å². The Balaban J connectivity index is 2.07. The van der Waals surface area contributed by atoms with Gasteiger partial charge in [0.05, 0.1) is 10.7 Å². The van der Waals surface area contributed by atoms with E-state index in [1.54, 1.807) is 6.07 Å². The Hall–Kier alpha value is -2.00. The molecule has 1 aliphatic rings. The van der Waals surface area contributed by atoms with Crippen molar-refractivity contribution in [3.63, 3.8) is 0 Å². The van der Waals surface area contributed by atoms with Crippen LogP contribution in [0.1, 0.15) is 18.1 Å². The Kier molecular flexibility index (Phi) is 3.14. The smallest absolute Gasteiger partial charge is 0.122 e. The Bertz CT molecular complexity index is 681. The normalized spacial score (nSPS) is 17.1. The number of benzene rings is 2. The summed E-state index contributed by atoms with van der Waals surface area (Å²) in [5, 5.41) is 8.10. The van der Waals surface area contributed by atoms with Crippen molar-refractivity contribution in [2.24, 2.45) is 5.73 Å². The molecule has 0 amide bonds. The minimum absolute atomic E-state index is 0.0355. The molecule has 0 aliphatic carbocycles. The van der Waals surface area contributed by atoms with Gasteiger partial charge in [-0.25, -0.2) is 0 Å². The molecule has 1 atom stereocenters. The number of hydrogen-bond donors (Lipinski definition) is 2. The number of nitrogen functional groups attached to an aromatic ring is 1. The predicted molar refractivity (Wildman–Crippen MR) is 84.2 cm³/mol. The van der Waals surface area contributed by atoms with E-state index in [1.807, 2.05) is 18.2 Å². The van der Waals surface area contributed by atoms with E-state index in [4.69, 9.17) is 22.7 Å². The standard InChI is InChI=1S/C16H16ClN3/c1-10-8-11-4-2-3-5-14(11)20(10)15-7-6-12(16(18)19)9-13(15)17/h2-7,9-10H,8H2,1H3,(H3,18,19). The van der Waals surface area contributed by atoms with Crippen molar-refractivity contribution >= 4 is 28.8 Å². The predicted octanol–water partition coefficient (Wildman–Crippen LogP) is 3.71. The Labute approximate surface area is 123 Å². The molecular formula is C16H16ClN3. The van der Waals surface area contributed by atoms with Crippen LogP contribution in [0.3, 0.4) is 0 Å². The molecule has 3 rings (SSSR count). The molecule has 0 bridgehead atoms. The maximum Gasteiger partial charge on any atom is 0.122 e. The zero-order valence-electron chi connectivity index (χ0n) is 11.2. The molecule has 20 heavy (non-hydrogen) atoms. The third-order valence-corrected chi connectivity index (χ3v) is 4.03. The molecule has 3 nitrogen and oxygen atoms in total. The van der Waals surface area contributed by atoms with Gasteiger partial charge < -0.3 is 10.6 Å². The summed E-state index contributed by atoms with van der Waals surface area (Å²) in [5.74, 6) is 0.0355. The van der Waals surface area contributed by atoms with Crippen LogP contribution >= 0.6 is 11.6 Å². The van der Waals surface area contributed by atoms with E-state index in [-0.39, 0.29) is 5.84 Å². The number of halogens is 1. The first-order valence-electron chi connectivity index (χ1n) is 6.59. The molecule has 0 fully saturated rings. The Morgan fingerprint density at radius 3 is 2.70 bits per heavy atom. The highest BCUT2D eigenvalue weighted by molar-refractivity contribution is 6.33. The topological polar surface area (TPSA) is 53.1 Å². The summed E-state index contributed by atoms with van der Waals surface area (Å²) in [6.07, 6.45) is 1.01. The van der Waals surface area contributed by atoms with Gasteiger partial charge in [-0.3, -0.25) is 5.41 Å². The van der Waals surface area contributed by atoms with Crippen molar-refractivity contribution in [2.45, 2.75) is 19.4 Å². The van der Waals surface area contributed by atoms with Crippen molar-refractivity contribution in [1.82, 2.24) is 0 Å². The zero-order valence-corrected chi connectivity index (χ0v) is 12.0. The Morgan fingerprint density at radius 1 is 1.25 bits per heavy atom. The van der Waals surface area contributed by atoms with Crippen LogP contribution in [0.15, 0.2) is 42.5 Å². The molecule has 0 saturated carbocycles. The van der Waals surface area contributed by atoms with Gasteiger partial charge in [0.1, 0.15) is 5.84 Å². The molecule has 2 aromatic carbocycles. The van der Waals surface area contributed by atoms with E-state index < -0.39 is 0 Å². The van der Waals surface area contributed by atoms with Crippen LogP contribution in [0.5, 0.6) is 0 Å². The number of anilines is 2. The number of rotatable bonds is 2. The SMILES string of the molecule is CC1Cc2ccccc2N1c1ccc(C(=N)N)cc1Cl. The van der Waals surface area contributed by atoms with E-state index in [0.717, 1.165) is 12.1 Å². The molecule has 0 saturated heterocycles. The molecule has 0 aromatic heterocycles. The summed E-state index contributed by atoms with van der Waals surface area (Å²) in [4.78, 5) is 2.25. The zero-order chi connectivity index (χ0) is 14.3. The third kappa shape index (κ3) is 2.04. The highest BCUT2D eigenvalue weighted by Crippen LogP contribution is 2.41. The maximum absolute atomic E-state index is 7.47. The van der Waals surface area contributed by atoms with Gasteiger partial charge in [0, 0.05) is 17.3 Å². The van der Waals surface area contributed by atoms with Crippen LogP contribution in [-0.2, 0) is 6.42 Å². The van der Waals surface area contributed by atoms with E-state index in [0.29, 0.717) is 16.6 Å². The van der Waals surface area contributed by atoms with Gasteiger partial charge >= 0.3 is 0 Å². The van der Waals surface area contributed by atoms with Crippen LogP contribution in [-0.4, -0.2) is 11.9 Å². The first kappa shape index (κ1) is 13.0. The summed E-state index contributed by atoms with van der Waals surface area (Å²) in [5.41, 5.74) is 9.67. The molecule has 2 aromatic rings. The third-order valence-electron chi connectivity index (χ3n) is 3.73. The number of nitrogens with two attached hydrogens (primary N) is 1. The van der Waals surface area contributed by atoms with Crippen molar-refractivity contribution < 1.29 is 0 Å². The summed E-state index contributed by atoms with van der Waals surface area (Å²) in [7, 11) is 0. The van der Waals surface area contributed by atoms with Gasteiger partial charge in [-0.2, -0.15) is 0 Å².